The van der Waals surface area contributed by atoms with Gasteiger partial charge in [0.25, 0.3) is 0 Å². The first-order valence-electron chi connectivity index (χ1n) is 3.26. The SMILES string of the molecule is FB(F)F.Fc1cc(F)c[c]([K])c1. The van der Waals surface area contributed by atoms with Crippen LogP contribution < -0.4 is -0.342 Å². The molecular weight excluding hydrogens is 217 g/mol. The van der Waals surface area contributed by atoms with Gasteiger partial charge in [-0.15, -0.1) is 0 Å². The first-order chi connectivity index (χ1) is 5.91. The molecule has 0 aliphatic rings. The van der Waals surface area contributed by atoms with Crippen LogP contribution >= 0.6 is 0 Å². The van der Waals surface area contributed by atoms with Crippen molar-refractivity contribution in [2.45, 2.75) is 0 Å². The van der Waals surface area contributed by atoms with E-state index < -0.39 is 19.2 Å². The second kappa shape index (κ2) is 6.94. The molecule has 0 amide bonds. The molecule has 0 nitrogen and oxygen atoms in total. The van der Waals surface area contributed by atoms with Gasteiger partial charge in [-0.25, -0.2) is 0 Å². The van der Waals surface area contributed by atoms with Gasteiger partial charge in [0.15, 0.2) is 0 Å². The molecule has 0 heterocycles. The molecule has 1 rings (SSSR count). The van der Waals surface area contributed by atoms with E-state index in [0.29, 0.717) is 49.0 Å². The van der Waals surface area contributed by atoms with Crippen LogP contribution in [0.1, 0.15) is 0 Å². The average molecular weight is 220 g/mol. The van der Waals surface area contributed by atoms with Gasteiger partial charge in [0.05, 0.1) is 0 Å². The average Bonchev–Trinajstić information content (AvgIpc) is 1.80. The Morgan fingerprint density at radius 2 is 1.23 bits per heavy atom. The van der Waals surface area contributed by atoms with Gasteiger partial charge < -0.3 is 0 Å². The van der Waals surface area contributed by atoms with E-state index in [1.54, 1.807) is 0 Å². The van der Waals surface area contributed by atoms with E-state index in [2.05, 4.69) is 0 Å². The standard InChI is InChI=1S/C6H3F2.BF3.K/c7-5-2-1-3-6(8)4-5;2-1(3)4;/h2-4H;;. The van der Waals surface area contributed by atoms with Crippen molar-refractivity contribution in [1.29, 1.82) is 0 Å². The summed E-state index contributed by atoms with van der Waals surface area (Å²) in [6, 6.07) is 3.61. The molecule has 66 valence electrons. The molecule has 0 spiro atoms. The topological polar surface area (TPSA) is 0 Å². The summed E-state index contributed by atoms with van der Waals surface area (Å²) in [5, 5.41) is 0. The summed E-state index contributed by atoms with van der Waals surface area (Å²) < 4.78 is 54.2. The zero-order valence-electron chi connectivity index (χ0n) is 6.70. The Balaban J connectivity index is 0.000000310. The van der Waals surface area contributed by atoms with Crippen LogP contribution in [-0.2, 0) is 0 Å². The summed E-state index contributed by atoms with van der Waals surface area (Å²) >= 11 is 0.357. The Labute approximate surface area is 106 Å². The molecule has 0 aromatic heterocycles. The van der Waals surface area contributed by atoms with Gasteiger partial charge in [0.2, 0.25) is 0 Å². The van der Waals surface area contributed by atoms with Crippen LogP contribution in [0.25, 0.3) is 0 Å². The van der Waals surface area contributed by atoms with Crippen molar-refractivity contribution in [2.24, 2.45) is 0 Å². The van der Waals surface area contributed by atoms with Crippen molar-refractivity contribution in [3.05, 3.63) is 29.8 Å². The van der Waals surface area contributed by atoms with Gasteiger partial charge in [-0.3, -0.25) is 12.9 Å². The molecule has 1 aromatic carbocycles. The molecule has 1 aromatic rings. The first-order valence-corrected chi connectivity index (χ1v) is 4.83. The van der Waals surface area contributed by atoms with Crippen LogP contribution in [0.15, 0.2) is 18.2 Å². The van der Waals surface area contributed by atoms with E-state index in [1.807, 2.05) is 0 Å². The number of hydrogen-bond acceptors (Lipinski definition) is 0. The third-order valence-corrected chi connectivity index (χ3v) is 1.91. The molecule has 7 heteroatoms. The van der Waals surface area contributed by atoms with E-state index in [4.69, 9.17) is 0 Å². The molecule has 0 aliphatic heterocycles. The predicted octanol–water partition coefficient (Wildman–Crippen LogP) is 1.64. The molecule has 0 bridgehead atoms. The zero-order valence-corrected chi connectivity index (χ0v) is 9.82. The molecule has 0 fully saturated rings. The van der Waals surface area contributed by atoms with E-state index >= 15 is 0 Å². The molecule has 0 N–H and O–H groups in total. The molecular formula is C6H3BF5K. The monoisotopic (exact) mass is 220 g/mol. The fraction of sp³-hybridized carbons (Fsp3) is 0. The third-order valence-electron chi connectivity index (χ3n) is 1.01. The molecule has 0 aliphatic carbocycles. The Morgan fingerprint density at radius 3 is 1.46 bits per heavy atom. The van der Waals surface area contributed by atoms with E-state index in [0.717, 1.165) is 5.72 Å². The van der Waals surface area contributed by atoms with E-state index in [1.165, 1.54) is 12.1 Å². The summed E-state index contributed by atoms with van der Waals surface area (Å²) in [6.45, 7) is 0. The Morgan fingerprint density at radius 1 is 0.923 bits per heavy atom. The summed E-state index contributed by atoms with van der Waals surface area (Å²) in [7, 11) is -3.67. The van der Waals surface area contributed by atoms with Crippen LogP contribution in [0.5, 0.6) is 0 Å². The number of rotatable bonds is 0. The van der Waals surface area contributed by atoms with Gasteiger partial charge >= 0.3 is 94.8 Å². The van der Waals surface area contributed by atoms with Gasteiger partial charge in [-0.05, 0) is 0 Å². The summed E-state index contributed by atoms with van der Waals surface area (Å²) in [6.07, 6.45) is 0. The van der Waals surface area contributed by atoms with Crippen LogP contribution in [0.3, 0.4) is 0 Å². The van der Waals surface area contributed by atoms with Crippen molar-refractivity contribution >= 4 is 56.2 Å². The van der Waals surface area contributed by atoms with Gasteiger partial charge in [0.1, 0.15) is 0 Å². The Hall–Kier alpha value is 0.571. The van der Waals surface area contributed by atoms with Crippen LogP contribution in [-0.4, -0.2) is 56.5 Å². The second-order valence-corrected chi connectivity index (χ2v) is 4.00. The number of hydrogen-bond donors (Lipinski definition) is 0. The van der Waals surface area contributed by atoms with Crippen molar-refractivity contribution in [1.82, 2.24) is 0 Å². The molecule has 13 heavy (non-hydrogen) atoms. The van der Waals surface area contributed by atoms with Crippen molar-refractivity contribution < 1.29 is 21.7 Å². The van der Waals surface area contributed by atoms with Crippen LogP contribution in [0.4, 0.5) is 21.7 Å². The fourth-order valence-corrected chi connectivity index (χ4v) is 1.55. The maximum atomic E-state index is 12.2. The minimum atomic E-state index is -3.67. The molecule has 0 saturated heterocycles. The van der Waals surface area contributed by atoms with Crippen molar-refractivity contribution in [3.63, 3.8) is 0 Å². The first kappa shape index (κ1) is 13.6. The van der Waals surface area contributed by atoms with Gasteiger partial charge in [0, 0.05) is 0 Å². The summed E-state index contributed by atoms with van der Waals surface area (Å²) in [4.78, 5) is 0. The number of benzene rings is 1. The normalized spacial score (nSPS) is 8.85. The van der Waals surface area contributed by atoms with Crippen LogP contribution in [0.2, 0.25) is 0 Å². The van der Waals surface area contributed by atoms with Gasteiger partial charge in [-0.2, -0.15) is 0 Å². The molecule has 0 saturated carbocycles. The predicted molar refractivity (Wildman–Crippen MR) is 40.8 cm³/mol. The summed E-state index contributed by atoms with van der Waals surface area (Å²) in [5.41, 5.74) is 0. The quantitative estimate of drug-likeness (QED) is 0.460. The Bertz CT molecular complexity index is 214. The van der Waals surface area contributed by atoms with Crippen molar-refractivity contribution in [2.75, 3.05) is 0 Å². The maximum absolute atomic E-state index is 12.2. The van der Waals surface area contributed by atoms with E-state index in [9.17, 15) is 21.7 Å². The third kappa shape index (κ3) is 8.89. The molecule has 0 atom stereocenters. The Kier molecular flexibility index (Phi) is 7.25. The van der Waals surface area contributed by atoms with Gasteiger partial charge in [-0.1, -0.05) is 0 Å². The van der Waals surface area contributed by atoms with Crippen LogP contribution in [0, 0.1) is 11.6 Å². The zero-order chi connectivity index (χ0) is 10.4. The molecule has 0 unspecified atom stereocenters. The minimum absolute atomic E-state index is 0.357. The van der Waals surface area contributed by atoms with E-state index in [-0.39, 0.29) is 0 Å². The summed E-state index contributed by atoms with van der Waals surface area (Å²) in [5.74, 6) is -0.948. The second-order valence-electron chi connectivity index (χ2n) is 2.19. The van der Waals surface area contributed by atoms with Crippen molar-refractivity contribution in [3.8, 4) is 0 Å². The molecule has 0 radical (unpaired) electrons. The number of halogens is 5. The fourth-order valence-electron chi connectivity index (χ4n) is 0.692.